The summed E-state index contributed by atoms with van der Waals surface area (Å²) in [4.78, 5) is 21.9. The lowest BCUT2D eigenvalue weighted by Crippen LogP contribution is -2.37. The number of piperidine rings is 1. The molecule has 0 unspecified atom stereocenters. The van der Waals surface area contributed by atoms with Crippen molar-refractivity contribution in [2.45, 2.75) is 38.8 Å². The number of aromatic nitrogens is 2. The first-order chi connectivity index (χ1) is 9.63. The number of hydrogen-bond acceptors (Lipinski definition) is 3. The van der Waals surface area contributed by atoms with Gasteiger partial charge in [0.2, 0.25) is 0 Å². The van der Waals surface area contributed by atoms with Gasteiger partial charge in [0.25, 0.3) is 5.56 Å². The van der Waals surface area contributed by atoms with Crippen LogP contribution in [-0.2, 0) is 6.54 Å². The predicted octanol–water partition coefficient (Wildman–Crippen LogP) is 2.95. The van der Waals surface area contributed by atoms with Gasteiger partial charge < -0.3 is 4.98 Å². The Balaban J connectivity index is 1.93. The molecule has 0 bridgehead atoms. The van der Waals surface area contributed by atoms with Crippen LogP contribution >= 0.6 is 11.6 Å². The van der Waals surface area contributed by atoms with Crippen molar-refractivity contribution in [2.75, 3.05) is 6.54 Å². The summed E-state index contributed by atoms with van der Waals surface area (Å²) in [6.45, 7) is 3.99. The Hall–Kier alpha value is -1.39. The second-order valence-corrected chi connectivity index (χ2v) is 5.93. The molecule has 1 N–H and O–H groups in total. The molecule has 0 spiro atoms. The number of halogens is 1. The third kappa shape index (κ3) is 2.72. The van der Waals surface area contributed by atoms with Gasteiger partial charge in [-0.3, -0.25) is 9.69 Å². The van der Waals surface area contributed by atoms with E-state index in [9.17, 15) is 4.79 Å². The average Bonchev–Trinajstić information content (AvgIpc) is 2.41. The number of hydrogen-bond donors (Lipinski definition) is 1. The van der Waals surface area contributed by atoms with Crippen LogP contribution in [0.3, 0.4) is 0 Å². The number of nitrogens with zero attached hydrogens (tertiary/aromatic N) is 2. The Morgan fingerprint density at radius 3 is 3.10 bits per heavy atom. The summed E-state index contributed by atoms with van der Waals surface area (Å²) in [5.74, 6) is 0.721. The SMILES string of the molecule is C[C@H]1CCCCN1Cc1nc2cc(Cl)ccc2c(=O)[nH]1. The van der Waals surface area contributed by atoms with Crippen molar-refractivity contribution in [2.24, 2.45) is 0 Å². The Labute approximate surface area is 122 Å². The molecule has 0 saturated carbocycles. The van der Waals surface area contributed by atoms with Crippen molar-refractivity contribution >= 4 is 22.5 Å². The zero-order valence-corrected chi connectivity index (χ0v) is 12.3. The van der Waals surface area contributed by atoms with Gasteiger partial charge in [-0.25, -0.2) is 4.98 Å². The van der Waals surface area contributed by atoms with E-state index in [1.165, 1.54) is 19.3 Å². The topological polar surface area (TPSA) is 49.0 Å². The number of rotatable bonds is 2. The van der Waals surface area contributed by atoms with Gasteiger partial charge in [0.1, 0.15) is 5.82 Å². The minimum absolute atomic E-state index is 0.0914. The predicted molar refractivity (Wildman–Crippen MR) is 81.1 cm³/mol. The zero-order valence-electron chi connectivity index (χ0n) is 11.5. The van der Waals surface area contributed by atoms with E-state index in [2.05, 4.69) is 21.8 Å². The molecular formula is C15H18ClN3O. The Morgan fingerprint density at radius 2 is 2.30 bits per heavy atom. The van der Waals surface area contributed by atoms with Crippen molar-refractivity contribution < 1.29 is 0 Å². The van der Waals surface area contributed by atoms with Gasteiger partial charge in [-0.05, 0) is 44.5 Å². The molecule has 4 nitrogen and oxygen atoms in total. The largest absolute Gasteiger partial charge is 0.309 e. The van der Waals surface area contributed by atoms with Crippen LogP contribution in [0.1, 0.15) is 32.0 Å². The molecule has 2 heterocycles. The van der Waals surface area contributed by atoms with Crippen LogP contribution in [0.15, 0.2) is 23.0 Å². The first kappa shape index (κ1) is 13.6. The van der Waals surface area contributed by atoms with E-state index in [-0.39, 0.29) is 5.56 Å². The van der Waals surface area contributed by atoms with Crippen molar-refractivity contribution in [3.8, 4) is 0 Å². The van der Waals surface area contributed by atoms with Crippen LogP contribution in [0.25, 0.3) is 10.9 Å². The molecule has 3 rings (SSSR count). The highest BCUT2D eigenvalue weighted by Crippen LogP contribution is 2.19. The van der Waals surface area contributed by atoms with Crippen LogP contribution in [-0.4, -0.2) is 27.5 Å². The minimum atomic E-state index is -0.0914. The lowest BCUT2D eigenvalue weighted by Gasteiger charge is -2.32. The fourth-order valence-electron chi connectivity index (χ4n) is 2.82. The Bertz CT molecular complexity index is 682. The maximum Gasteiger partial charge on any atom is 0.258 e. The molecule has 5 heteroatoms. The van der Waals surface area contributed by atoms with Gasteiger partial charge in [0, 0.05) is 11.1 Å². The first-order valence-corrected chi connectivity index (χ1v) is 7.44. The highest BCUT2D eigenvalue weighted by atomic mass is 35.5. The summed E-state index contributed by atoms with van der Waals surface area (Å²) in [6.07, 6.45) is 3.71. The van der Waals surface area contributed by atoms with E-state index in [4.69, 9.17) is 11.6 Å². The van der Waals surface area contributed by atoms with Gasteiger partial charge >= 0.3 is 0 Å². The third-order valence-corrected chi connectivity index (χ3v) is 4.25. The maximum absolute atomic E-state index is 12.1. The molecule has 20 heavy (non-hydrogen) atoms. The number of benzene rings is 1. The van der Waals surface area contributed by atoms with Crippen molar-refractivity contribution in [3.05, 3.63) is 39.4 Å². The minimum Gasteiger partial charge on any atom is -0.309 e. The molecule has 2 aromatic rings. The van der Waals surface area contributed by atoms with E-state index in [1.807, 2.05) is 0 Å². The summed E-state index contributed by atoms with van der Waals surface area (Å²) in [7, 11) is 0. The van der Waals surface area contributed by atoms with E-state index >= 15 is 0 Å². The zero-order chi connectivity index (χ0) is 14.1. The van der Waals surface area contributed by atoms with Gasteiger partial charge in [-0.1, -0.05) is 18.0 Å². The van der Waals surface area contributed by atoms with Crippen LogP contribution in [0.2, 0.25) is 5.02 Å². The molecule has 106 valence electrons. The van der Waals surface area contributed by atoms with E-state index in [0.29, 0.717) is 28.5 Å². The lowest BCUT2D eigenvalue weighted by molar-refractivity contribution is 0.149. The summed E-state index contributed by atoms with van der Waals surface area (Å²) in [6, 6.07) is 5.73. The molecule has 0 aliphatic carbocycles. The monoisotopic (exact) mass is 291 g/mol. The van der Waals surface area contributed by atoms with Gasteiger partial charge in [0.05, 0.1) is 17.4 Å². The molecule has 0 amide bonds. The highest BCUT2D eigenvalue weighted by Gasteiger charge is 2.19. The van der Waals surface area contributed by atoms with Crippen molar-refractivity contribution in [3.63, 3.8) is 0 Å². The van der Waals surface area contributed by atoms with Gasteiger partial charge in [-0.2, -0.15) is 0 Å². The Morgan fingerprint density at radius 1 is 1.45 bits per heavy atom. The fraction of sp³-hybridized carbons (Fsp3) is 0.467. The summed E-state index contributed by atoms with van der Waals surface area (Å²) in [5.41, 5.74) is 0.576. The van der Waals surface area contributed by atoms with E-state index < -0.39 is 0 Å². The number of nitrogens with one attached hydrogen (secondary N) is 1. The Kier molecular flexibility index (Phi) is 3.76. The van der Waals surface area contributed by atoms with Crippen LogP contribution in [0.5, 0.6) is 0 Å². The molecule has 1 fully saturated rings. The van der Waals surface area contributed by atoms with Crippen LogP contribution < -0.4 is 5.56 Å². The average molecular weight is 292 g/mol. The van der Waals surface area contributed by atoms with Crippen LogP contribution in [0, 0.1) is 0 Å². The standard InChI is InChI=1S/C15H18ClN3O/c1-10-4-2-3-7-19(10)9-14-17-13-8-11(16)5-6-12(13)15(20)18-14/h5-6,8,10H,2-4,7,9H2,1H3,(H,17,18,20)/t10-/m0/s1. The van der Waals surface area contributed by atoms with Crippen molar-refractivity contribution in [1.82, 2.24) is 14.9 Å². The summed E-state index contributed by atoms with van der Waals surface area (Å²) in [5, 5.41) is 1.19. The molecule has 1 aliphatic rings. The van der Waals surface area contributed by atoms with Gasteiger partial charge in [-0.15, -0.1) is 0 Å². The fourth-order valence-corrected chi connectivity index (χ4v) is 2.99. The smallest absolute Gasteiger partial charge is 0.258 e. The van der Waals surface area contributed by atoms with Gasteiger partial charge in [0.15, 0.2) is 0 Å². The molecule has 1 saturated heterocycles. The molecule has 1 aliphatic heterocycles. The summed E-state index contributed by atoms with van der Waals surface area (Å²) < 4.78 is 0. The third-order valence-electron chi connectivity index (χ3n) is 4.01. The second kappa shape index (κ2) is 5.54. The quantitative estimate of drug-likeness (QED) is 0.925. The first-order valence-electron chi connectivity index (χ1n) is 7.06. The summed E-state index contributed by atoms with van der Waals surface area (Å²) >= 11 is 5.98. The number of aromatic amines is 1. The second-order valence-electron chi connectivity index (χ2n) is 5.49. The molecule has 1 aromatic heterocycles. The number of H-pyrrole nitrogens is 1. The van der Waals surface area contributed by atoms with Crippen molar-refractivity contribution in [1.29, 1.82) is 0 Å². The lowest BCUT2D eigenvalue weighted by atomic mass is 10.0. The number of fused-ring (bicyclic) bond motifs is 1. The van der Waals surface area contributed by atoms with Crippen LogP contribution in [0.4, 0.5) is 0 Å². The number of likely N-dealkylation sites (tertiary alicyclic amines) is 1. The molecule has 1 atom stereocenters. The van der Waals surface area contributed by atoms with E-state index in [0.717, 1.165) is 12.4 Å². The molecule has 0 radical (unpaired) electrons. The molecular weight excluding hydrogens is 274 g/mol. The van der Waals surface area contributed by atoms with E-state index in [1.54, 1.807) is 18.2 Å². The normalized spacial score (nSPS) is 20.4. The highest BCUT2D eigenvalue weighted by molar-refractivity contribution is 6.31. The molecule has 1 aromatic carbocycles. The maximum atomic E-state index is 12.1.